The highest BCUT2D eigenvalue weighted by Gasteiger charge is 2.16. The first-order valence-electron chi connectivity index (χ1n) is 6.22. The van der Waals surface area contributed by atoms with E-state index in [0.29, 0.717) is 5.69 Å². The smallest absolute Gasteiger partial charge is 0.191 e. The van der Waals surface area contributed by atoms with Crippen LogP contribution in [0.4, 0.5) is 11.5 Å². The van der Waals surface area contributed by atoms with Gasteiger partial charge in [0.2, 0.25) is 0 Å². The van der Waals surface area contributed by atoms with E-state index in [1.165, 1.54) is 0 Å². The molecule has 0 atom stereocenters. The number of pyridine rings is 1. The van der Waals surface area contributed by atoms with E-state index in [9.17, 15) is 0 Å². The van der Waals surface area contributed by atoms with Crippen molar-refractivity contribution in [2.75, 3.05) is 37.6 Å². The Kier molecular flexibility index (Phi) is 3.99. The van der Waals surface area contributed by atoms with Crippen LogP contribution in [0.2, 0.25) is 0 Å². The lowest BCUT2D eigenvalue weighted by molar-refractivity contribution is 0.270. The number of nitrogens with two attached hydrogens (primary N) is 2. The van der Waals surface area contributed by atoms with Crippen LogP contribution in [-0.4, -0.2) is 48.6 Å². The Labute approximate surface area is 107 Å². The Bertz CT molecular complexity index is 401. The van der Waals surface area contributed by atoms with Crippen molar-refractivity contribution in [3.8, 4) is 0 Å². The summed E-state index contributed by atoms with van der Waals surface area (Å²) in [7, 11) is 0. The standard InChI is InChI=1S/C12H20N6/c1-2-17-5-7-18(8-6-17)11-4-3-10(9-15-11)16-12(13)14/h3-4,9H,2,5-8H2,1H3,(H4,13,14,16). The van der Waals surface area contributed by atoms with Crippen LogP contribution < -0.4 is 16.4 Å². The van der Waals surface area contributed by atoms with Gasteiger partial charge in [0.05, 0.1) is 11.9 Å². The lowest BCUT2D eigenvalue weighted by Gasteiger charge is -2.34. The molecule has 6 heteroatoms. The minimum absolute atomic E-state index is 0.0566. The van der Waals surface area contributed by atoms with Crippen molar-refractivity contribution in [3.05, 3.63) is 18.3 Å². The molecule has 0 unspecified atom stereocenters. The van der Waals surface area contributed by atoms with E-state index in [2.05, 4.69) is 26.7 Å². The topological polar surface area (TPSA) is 83.8 Å². The number of aromatic nitrogens is 1. The number of rotatable bonds is 3. The van der Waals surface area contributed by atoms with Gasteiger partial charge in [-0.1, -0.05) is 6.92 Å². The molecule has 1 aromatic rings. The third kappa shape index (κ3) is 3.10. The normalized spacial score (nSPS) is 16.6. The maximum absolute atomic E-state index is 5.32. The minimum atomic E-state index is 0.0566. The maximum atomic E-state index is 5.32. The molecule has 6 nitrogen and oxygen atoms in total. The number of anilines is 1. The number of piperazine rings is 1. The van der Waals surface area contributed by atoms with Gasteiger partial charge in [0.25, 0.3) is 0 Å². The predicted octanol–water partition coefficient (Wildman–Crippen LogP) is 0.128. The van der Waals surface area contributed by atoms with E-state index >= 15 is 0 Å². The van der Waals surface area contributed by atoms with E-state index in [1.54, 1.807) is 6.20 Å². The largest absolute Gasteiger partial charge is 0.370 e. The van der Waals surface area contributed by atoms with Crippen molar-refractivity contribution < 1.29 is 0 Å². The molecule has 0 spiro atoms. The molecule has 1 fully saturated rings. The van der Waals surface area contributed by atoms with Crippen molar-refractivity contribution in [1.29, 1.82) is 0 Å². The molecular weight excluding hydrogens is 228 g/mol. The molecule has 0 saturated carbocycles. The summed E-state index contributed by atoms with van der Waals surface area (Å²) in [5, 5.41) is 0. The quantitative estimate of drug-likeness (QED) is 0.586. The van der Waals surface area contributed by atoms with Crippen molar-refractivity contribution in [3.63, 3.8) is 0 Å². The van der Waals surface area contributed by atoms with Gasteiger partial charge in [-0.3, -0.25) is 0 Å². The third-order valence-corrected chi connectivity index (χ3v) is 3.13. The van der Waals surface area contributed by atoms with Crippen LogP contribution in [0.15, 0.2) is 23.3 Å². The third-order valence-electron chi connectivity index (χ3n) is 3.13. The summed E-state index contributed by atoms with van der Waals surface area (Å²) >= 11 is 0. The lowest BCUT2D eigenvalue weighted by atomic mass is 10.3. The zero-order valence-corrected chi connectivity index (χ0v) is 10.7. The fourth-order valence-corrected chi connectivity index (χ4v) is 2.07. The Morgan fingerprint density at radius 1 is 1.28 bits per heavy atom. The molecule has 98 valence electrons. The first-order valence-corrected chi connectivity index (χ1v) is 6.22. The molecule has 1 aliphatic heterocycles. The van der Waals surface area contributed by atoms with Crippen LogP contribution >= 0.6 is 0 Å². The SMILES string of the molecule is CCN1CCN(c2ccc(N=C(N)N)cn2)CC1. The monoisotopic (exact) mass is 248 g/mol. The molecule has 1 saturated heterocycles. The molecule has 2 heterocycles. The molecular formula is C12H20N6. The number of hydrogen-bond acceptors (Lipinski definition) is 4. The Morgan fingerprint density at radius 2 is 2.00 bits per heavy atom. The fourth-order valence-electron chi connectivity index (χ4n) is 2.07. The number of aliphatic imine (C=N–C) groups is 1. The number of hydrogen-bond donors (Lipinski definition) is 2. The summed E-state index contributed by atoms with van der Waals surface area (Å²) in [6.45, 7) is 7.52. The summed E-state index contributed by atoms with van der Waals surface area (Å²) in [5.74, 6) is 1.04. The first-order chi connectivity index (χ1) is 8.69. The van der Waals surface area contributed by atoms with Crippen molar-refractivity contribution >= 4 is 17.5 Å². The summed E-state index contributed by atoms with van der Waals surface area (Å²) in [5.41, 5.74) is 11.3. The van der Waals surface area contributed by atoms with Gasteiger partial charge in [-0.15, -0.1) is 0 Å². The molecule has 1 aliphatic rings. The Morgan fingerprint density at radius 3 is 2.50 bits per heavy atom. The van der Waals surface area contributed by atoms with E-state index in [4.69, 9.17) is 11.5 Å². The lowest BCUT2D eigenvalue weighted by Crippen LogP contribution is -2.46. The molecule has 2 rings (SSSR count). The molecule has 1 aromatic heterocycles. The second-order valence-electron chi connectivity index (χ2n) is 4.33. The number of likely N-dealkylation sites (N-methyl/N-ethyl adjacent to an activating group) is 1. The summed E-state index contributed by atoms with van der Waals surface area (Å²) in [6, 6.07) is 3.84. The van der Waals surface area contributed by atoms with E-state index < -0.39 is 0 Å². The van der Waals surface area contributed by atoms with E-state index in [1.807, 2.05) is 12.1 Å². The summed E-state index contributed by atoms with van der Waals surface area (Å²) in [6.07, 6.45) is 1.70. The molecule has 0 radical (unpaired) electrons. The van der Waals surface area contributed by atoms with Crippen LogP contribution in [-0.2, 0) is 0 Å². The van der Waals surface area contributed by atoms with Gasteiger partial charge >= 0.3 is 0 Å². The first kappa shape index (κ1) is 12.6. The average molecular weight is 248 g/mol. The van der Waals surface area contributed by atoms with Crippen molar-refractivity contribution in [2.24, 2.45) is 16.5 Å². The predicted molar refractivity (Wildman–Crippen MR) is 74.0 cm³/mol. The van der Waals surface area contributed by atoms with Crippen molar-refractivity contribution in [1.82, 2.24) is 9.88 Å². The van der Waals surface area contributed by atoms with E-state index in [0.717, 1.165) is 38.5 Å². The summed E-state index contributed by atoms with van der Waals surface area (Å²) < 4.78 is 0. The molecule has 0 bridgehead atoms. The van der Waals surface area contributed by atoms with Gasteiger partial charge in [-0.25, -0.2) is 9.98 Å². The number of nitrogens with zero attached hydrogens (tertiary/aromatic N) is 4. The highest BCUT2D eigenvalue weighted by Crippen LogP contribution is 2.17. The number of guanidine groups is 1. The molecule has 0 aliphatic carbocycles. The van der Waals surface area contributed by atoms with Gasteiger partial charge in [-0.2, -0.15) is 0 Å². The zero-order valence-electron chi connectivity index (χ0n) is 10.7. The van der Waals surface area contributed by atoms with Gasteiger partial charge in [-0.05, 0) is 18.7 Å². The molecule has 0 aromatic carbocycles. The molecule has 0 amide bonds. The highest BCUT2D eigenvalue weighted by atomic mass is 15.3. The van der Waals surface area contributed by atoms with Crippen LogP contribution in [0, 0.1) is 0 Å². The molecule has 4 N–H and O–H groups in total. The fraction of sp³-hybridized carbons (Fsp3) is 0.500. The van der Waals surface area contributed by atoms with Crippen molar-refractivity contribution in [2.45, 2.75) is 6.92 Å². The second-order valence-corrected chi connectivity index (χ2v) is 4.33. The van der Waals surface area contributed by atoms with Gasteiger partial charge < -0.3 is 21.3 Å². The minimum Gasteiger partial charge on any atom is -0.370 e. The Hall–Kier alpha value is -1.82. The zero-order chi connectivity index (χ0) is 13.0. The van der Waals surface area contributed by atoms with Crippen LogP contribution in [0.25, 0.3) is 0 Å². The van der Waals surface area contributed by atoms with E-state index in [-0.39, 0.29) is 5.96 Å². The second kappa shape index (κ2) is 5.68. The van der Waals surface area contributed by atoms with Crippen LogP contribution in [0.1, 0.15) is 6.92 Å². The van der Waals surface area contributed by atoms with Gasteiger partial charge in [0, 0.05) is 26.2 Å². The highest BCUT2D eigenvalue weighted by molar-refractivity contribution is 5.78. The maximum Gasteiger partial charge on any atom is 0.191 e. The Balaban J connectivity index is 2.00. The van der Waals surface area contributed by atoms with Crippen LogP contribution in [0.3, 0.4) is 0 Å². The summed E-state index contributed by atoms with van der Waals surface area (Å²) in [4.78, 5) is 13.1. The van der Waals surface area contributed by atoms with Gasteiger partial charge in [0.15, 0.2) is 5.96 Å². The van der Waals surface area contributed by atoms with Gasteiger partial charge in [0.1, 0.15) is 5.82 Å². The average Bonchev–Trinajstić information content (AvgIpc) is 2.39. The molecule has 18 heavy (non-hydrogen) atoms. The van der Waals surface area contributed by atoms with Crippen LogP contribution in [0.5, 0.6) is 0 Å².